The Kier molecular flexibility index (Phi) is 3.68. The largest absolute Gasteiger partial charge is 0.281 e. The Labute approximate surface area is 119 Å². The second kappa shape index (κ2) is 5.78. The van der Waals surface area contributed by atoms with Gasteiger partial charge in [0.15, 0.2) is 0 Å². The van der Waals surface area contributed by atoms with Crippen LogP contribution >= 0.6 is 0 Å². The summed E-state index contributed by atoms with van der Waals surface area (Å²) in [5.41, 5.74) is 2.41. The first-order chi connectivity index (χ1) is 9.90. The maximum atomic E-state index is 4.12. The lowest BCUT2D eigenvalue weighted by Gasteiger charge is -2.26. The molecule has 20 heavy (non-hydrogen) atoms. The van der Waals surface area contributed by atoms with Crippen LogP contribution in [0.4, 0.5) is 5.69 Å². The van der Waals surface area contributed by atoms with Crippen LogP contribution in [0.25, 0.3) is 10.9 Å². The van der Waals surface area contributed by atoms with Crippen LogP contribution in [0, 0.1) is 0 Å². The van der Waals surface area contributed by atoms with E-state index in [0.717, 1.165) is 13.0 Å². The zero-order valence-electron chi connectivity index (χ0n) is 11.7. The first-order valence-corrected chi connectivity index (χ1v) is 7.14. The molecule has 3 nitrogen and oxygen atoms in total. The highest BCUT2D eigenvalue weighted by atomic mass is 15.5. The van der Waals surface area contributed by atoms with E-state index in [1.807, 2.05) is 12.4 Å². The van der Waals surface area contributed by atoms with Crippen molar-refractivity contribution in [2.75, 3.05) is 11.6 Å². The molecule has 0 aliphatic carbocycles. The lowest BCUT2D eigenvalue weighted by atomic mass is 10.2. The van der Waals surface area contributed by atoms with Crippen molar-refractivity contribution in [3.63, 3.8) is 0 Å². The highest BCUT2D eigenvalue weighted by Gasteiger charge is 2.10. The lowest BCUT2D eigenvalue weighted by Crippen LogP contribution is -2.29. The van der Waals surface area contributed by atoms with Gasteiger partial charge in [-0.25, -0.2) is 0 Å². The minimum atomic E-state index is 0.999. The van der Waals surface area contributed by atoms with Crippen molar-refractivity contribution < 1.29 is 0 Å². The van der Waals surface area contributed by atoms with E-state index in [1.54, 1.807) is 0 Å². The van der Waals surface area contributed by atoms with Gasteiger partial charge < -0.3 is 0 Å². The van der Waals surface area contributed by atoms with Gasteiger partial charge in [-0.1, -0.05) is 31.5 Å². The van der Waals surface area contributed by atoms with Crippen molar-refractivity contribution >= 4 is 16.6 Å². The normalized spacial score (nSPS) is 10.8. The fraction of sp³-hybridized carbons (Fsp3) is 0.235. The standard InChI is InChI=1S/C17H19N3/c1-2-3-13-19(16-8-11-18-12-9-16)20-14-10-15-6-4-5-7-17(15)20/h4-12,14H,2-3,13H2,1H3. The van der Waals surface area contributed by atoms with Gasteiger partial charge in [0.05, 0.1) is 11.2 Å². The van der Waals surface area contributed by atoms with Gasteiger partial charge in [0.1, 0.15) is 0 Å². The Bertz CT molecular complexity index is 673. The number of aromatic nitrogens is 2. The van der Waals surface area contributed by atoms with Gasteiger partial charge >= 0.3 is 0 Å². The van der Waals surface area contributed by atoms with Crippen molar-refractivity contribution in [1.29, 1.82) is 0 Å². The number of fused-ring (bicyclic) bond motifs is 1. The monoisotopic (exact) mass is 265 g/mol. The maximum absolute atomic E-state index is 4.12. The van der Waals surface area contributed by atoms with E-state index in [4.69, 9.17) is 0 Å². The molecule has 0 N–H and O–H groups in total. The van der Waals surface area contributed by atoms with Crippen LogP contribution in [0.5, 0.6) is 0 Å². The van der Waals surface area contributed by atoms with E-state index in [0.29, 0.717) is 0 Å². The molecule has 3 rings (SSSR count). The van der Waals surface area contributed by atoms with Crippen LogP contribution in [-0.2, 0) is 0 Å². The molecule has 2 aromatic heterocycles. The molecule has 0 radical (unpaired) electrons. The van der Waals surface area contributed by atoms with E-state index in [1.165, 1.54) is 23.0 Å². The quantitative estimate of drug-likeness (QED) is 0.692. The molecule has 0 atom stereocenters. The Morgan fingerprint density at radius 1 is 1.05 bits per heavy atom. The number of benzene rings is 1. The van der Waals surface area contributed by atoms with Gasteiger partial charge in [-0.15, -0.1) is 0 Å². The molecular formula is C17H19N3. The first-order valence-electron chi connectivity index (χ1n) is 7.14. The molecule has 0 fully saturated rings. The number of nitrogens with zero attached hydrogens (tertiary/aromatic N) is 3. The molecule has 0 unspecified atom stereocenters. The van der Waals surface area contributed by atoms with E-state index in [-0.39, 0.29) is 0 Å². The summed E-state index contributed by atoms with van der Waals surface area (Å²) in [6, 6.07) is 14.8. The first kappa shape index (κ1) is 12.7. The summed E-state index contributed by atoms with van der Waals surface area (Å²) < 4.78 is 2.24. The zero-order chi connectivity index (χ0) is 13.8. The molecule has 1 aromatic carbocycles. The summed E-state index contributed by atoms with van der Waals surface area (Å²) in [6.45, 7) is 3.22. The summed E-state index contributed by atoms with van der Waals surface area (Å²) in [4.78, 5) is 4.12. The predicted octanol–water partition coefficient (Wildman–Crippen LogP) is 4.11. The lowest BCUT2D eigenvalue weighted by molar-refractivity contribution is 0.663. The van der Waals surface area contributed by atoms with Crippen molar-refractivity contribution in [1.82, 2.24) is 9.66 Å². The number of pyridine rings is 1. The highest BCUT2D eigenvalue weighted by molar-refractivity contribution is 5.80. The van der Waals surface area contributed by atoms with Crippen LogP contribution < -0.4 is 5.01 Å². The zero-order valence-corrected chi connectivity index (χ0v) is 11.7. The molecule has 2 heterocycles. The van der Waals surface area contributed by atoms with Gasteiger partial charge in [-0.2, -0.15) is 0 Å². The Morgan fingerprint density at radius 2 is 1.85 bits per heavy atom. The van der Waals surface area contributed by atoms with Gasteiger partial charge in [0.25, 0.3) is 0 Å². The summed E-state index contributed by atoms with van der Waals surface area (Å²) in [7, 11) is 0. The number of hydrogen-bond donors (Lipinski definition) is 0. The molecule has 0 bridgehead atoms. The summed E-state index contributed by atoms with van der Waals surface area (Å²) in [5.74, 6) is 0. The predicted molar refractivity (Wildman–Crippen MR) is 83.8 cm³/mol. The minimum absolute atomic E-state index is 0.999. The van der Waals surface area contributed by atoms with Gasteiger partial charge in [-0.3, -0.25) is 14.7 Å². The third kappa shape index (κ3) is 2.39. The molecule has 0 amide bonds. The molecule has 0 aliphatic rings. The van der Waals surface area contributed by atoms with Crippen molar-refractivity contribution in [3.05, 3.63) is 61.1 Å². The third-order valence-electron chi connectivity index (χ3n) is 3.52. The van der Waals surface area contributed by atoms with Crippen molar-refractivity contribution in [3.8, 4) is 0 Å². The average Bonchev–Trinajstić information content (AvgIpc) is 2.93. The fourth-order valence-electron chi connectivity index (χ4n) is 2.46. The summed E-state index contributed by atoms with van der Waals surface area (Å²) in [6.07, 6.45) is 8.18. The number of anilines is 1. The number of hydrogen-bond acceptors (Lipinski definition) is 2. The van der Waals surface area contributed by atoms with E-state index < -0.39 is 0 Å². The van der Waals surface area contributed by atoms with Crippen molar-refractivity contribution in [2.24, 2.45) is 0 Å². The van der Waals surface area contributed by atoms with E-state index in [2.05, 4.69) is 70.3 Å². The molecule has 0 saturated carbocycles. The Hall–Kier alpha value is -2.29. The summed E-state index contributed by atoms with van der Waals surface area (Å²) >= 11 is 0. The van der Waals surface area contributed by atoms with Gasteiger partial charge in [-0.05, 0) is 30.7 Å². The molecule has 3 heteroatoms. The molecular weight excluding hydrogens is 246 g/mol. The number of unbranched alkanes of at least 4 members (excludes halogenated alkanes) is 1. The Morgan fingerprint density at radius 3 is 2.65 bits per heavy atom. The molecule has 0 saturated heterocycles. The van der Waals surface area contributed by atoms with Crippen LogP contribution in [0.1, 0.15) is 19.8 Å². The number of para-hydroxylation sites is 1. The molecule has 0 aliphatic heterocycles. The summed E-state index contributed by atoms with van der Waals surface area (Å²) in [5, 5.41) is 3.58. The van der Waals surface area contributed by atoms with Gasteiger partial charge in [0.2, 0.25) is 0 Å². The van der Waals surface area contributed by atoms with E-state index in [9.17, 15) is 0 Å². The van der Waals surface area contributed by atoms with Crippen molar-refractivity contribution in [2.45, 2.75) is 19.8 Å². The smallest absolute Gasteiger partial charge is 0.0698 e. The number of rotatable bonds is 5. The maximum Gasteiger partial charge on any atom is 0.0698 e. The molecule has 102 valence electrons. The Balaban J connectivity index is 2.05. The minimum Gasteiger partial charge on any atom is -0.281 e. The van der Waals surface area contributed by atoms with Crippen LogP contribution in [0.2, 0.25) is 0 Å². The van der Waals surface area contributed by atoms with Crippen LogP contribution in [-0.4, -0.2) is 16.2 Å². The fourth-order valence-corrected chi connectivity index (χ4v) is 2.46. The van der Waals surface area contributed by atoms with Gasteiger partial charge in [0, 0.05) is 30.5 Å². The SMILES string of the molecule is CCCCN(c1ccncc1)n1ccc2ccccc21. The topological polar surface area (TPSA) is 21.1 Å². The highest BCUT2D eigenvalue weighted by Crippen LogP contribution is 2.21. The second-order valence-corrected chi connectivity index (χ2v) is 4.90. The molecule has 3 aromatic rings. The third-order valence-corrected chi connectivity index (χ3v) is 3.52. The second-order valence-electron chi connectivity index (χ2n) is 4.90. The van der Waals surface area contributed by atoms with Crippen LogP contribution in [0.15, 0.2) is 61.1 Å². The van der Waals surface area contributed by atoms with E-state index >= 15 is 0 Å². The average molecular weight is 265 g/mol. The van der Waals surface area contributed by atoms with Crippen LogP contribution in [0.3, 0.4) is 0 Å². The molecule has 0 spiro atoms.